The number of aromatic nitrogens is 2. The first-order valence-corrected chi connectivity index (χ1v) is 10.5. The Morgan fingerprint density at radius 1 is 1.07 bits per heavy atom. The molecule has 156 valence electrons. The number of halogens is 1. The molecule has 1 fully saturated rings. The average Bonchev–Trinajstić information content (AvgIpc) is 3.22. The minimum atomic E-state index is -0.0236. The highest BCUT2D eigenvalue weighted by Gasteiger charge is 2.22. The topological polar surface area (TPSA) is 53.4 Å². The molecule has 3 aromatic rings. The van der Waals surface area contributed by atoms with Gasteiger partial charge < -0.3 is 10.2 Å². The predicted octanol–water partition coefficient (Wildman–Crippen LogP) is 3.90. The van der Waals surface area contributed by atoms with Gasteiger partial charge in [-0.25, -0.2) is 4.98 Å². The van der Waals surface area contributed by atoms with Crippen molar-refractivity contribution < 1.29 is 4.79 Å². The SMILES string of the molecule is Cc1ccc(-n2ccnc2N2CCN(CC(=O)Nc3ccc(C)c(Cl)c3)CC2)cc1. The molecule has 1 aromatic heterocycles. The van der Waals surface area contributed by atoms with Crippen LogP contribution in [0.1, 0.15) is 11.1 Å². The number of hydrogen-bond donors (Lipinski definition) is 1. The number of imidazole rings is 1. The van der Waals surface area contributed by atoms with E-state index in [4.69, 9.17) is 11.6 Å². The molecule has 0 spiro atoms. The number of amides is 1. The van der Waals surface area contributed by atoms with Crippen LogP contribution in [0.5, 0.6) is 0 Å². The molecule has 0 bridgehead atoms. The maximum absolute atomic E-state index is 12.4. The van der Waals surface area contributed by atoms with Gasteiger partial charge in [0.1, 0.15) is 0 Å². The van der Waals surface area contributed by atoms with Crippen molar-refractivity contribution in [2.75, 3.05) is 42.9 Å². The fourth-order valence-electron chi connectivity index (χ4n) is 3.62. The first kappa shape index (κ1) is 20.4. The number of piperazine rings is 1. The highest BCUT2D eigenvalue weighted by Crippen LogP contribution is 2.21. The molecule has 2 aromatic carbocycles. The Hall–Kier alpha value is -2.83. The molecule has 1 saturated heterocycles. The second-order valence-corrected chi connectivity index (χ2v) is 8.12. The summed E-state index contributed by atoms with van der Waals surface area (Å²) >= 11 is 6.14. The van der Waals surface area contributed by atoms with Crippen LogP contribution in [0.2, 0.25) is 5.02 Å². The van der Waals surface area contributed by atoms with Crippen LogP contribution in [-0.4, -0.2) is 53.1 Å². The quantitative estimate of drug-likeness (QED) is 0.676. The van der Waals surface area contributed by atoms with Crippen LogP contribution in [-0.2, 0) is 4.79 Å². The van der Waals surface area contributed by atoms with Gasteiger partial charge in [0.15, 0.2) is 0 Å². The highest BCUT2D eigenvalue weighted by atomic mass is 35.5. The Bertz CT molecular complexity index is 1020. The molecule has 6 nitrogen and oxygen atoms in total. The van der Waals surface area contributed by atoms with E-state index in [-0.39, 0.29) is 5.91 Å². The van der Waals surface area contributed by atoms with E-state index >= 15 is 0 Å². The van der Waals surface area contributed by atoms with Crippen molar-refractivity contribution >= 4 is 29.1 Å². The first-order chi connectivity index (χ1) is 14.5. The summed E-state index contributed by atoms with van der Waals surface area (Å²) in [6, 6.07) is 14.0. The molecule has 30 heavy (non-hydrogen) atoms. The van der Waals surface area contributed by atoms with Gasteiger partial charge in [-0.15, -0.1) is 0 Å². The minimum Gasteiger partial charge on any atom is -0.339 e. The molecule has 1 amide bonds. The van der Waals surface area contributed by atoms with Gasteiger partial charge in [0.2, 0.25) is 11.9 Å². The summed E-state index contributed by atoms with van der Waals surface area (Å²) in [5.74, 6) is 0.918. The van der Waals surface area contributed by atoms with Gasteiger partial charge in [0, 0.05) is 55.0 Å². The molecule has 1 N–H and O–H groups in total. The lowest BCUT2D eigenvalue weighted by atomic mass is 10.2. The lowest BCUT2D eigenvalue weighted by Crippen LogP contribution is -2.49. The summed E-state index contributed by atoms with van der Waals surface area (Å²) in [5.41, 5.74) is 4.07. The van der Waals surface area contributed by atoms with Crippen LogP contribution in [0.15, 0.2) is 54.9 Å². The Balaban J connectivity index is 1.33. The smallest absolute Gasteiger partial charge is 0.238 e. The van der Waals surface area contributed by atoms with Crippen LogP contribution < -0.4 is 10.2 Å². The van der Waals surface area contributed by atoms with Crippen LogP contribution in [0.25, 0.3) is 5.69 Å². The number of benzene rings is 2. The summed E-state index contributed by atoms with van der Waals surface area (Å²) in [6.07, 6.45) is 3.83. The van der Waals surface area contributed by atoms with Crippen molar-refractivity contribution in [2.24, 2.45) is 0 Å². The third kappa shape index (κ3) is 4.66. The van der Waals surface area contributed by atoms with Crippen LogP contribution in [0.4, 0.5) is 11.6 Å². The highest BCUT2D eigenvalue weighted by molar-refractivity contribution is 6.31. The van der Waals surface area contributed by atoms with Gasteiger partial charge in [0.25, 0.3) is 0 Å². The van der Waals surface area contributed by atoms with E-state index in [1.54, 1.807) is 6.07 Å². The van der Waals surface area contributed by atoms with E-state index in [1.807, 2.05) is 31.5 Å². The third-order valence-electron chi connectivity index (χ3n) is 5.41. The van der Waals surface area contributed by atoms with E-state index < -0.39 is 0 Å². The molecule has 0 radical (unpaired) electrons. The number of nitrogens with one attached hydrogen (secondary N) is 1. The second-order valence-electron chi connectivity index (χ2n) is 7.71. The predicted molar refractivity (Wildman–Crippen MR) is 122 cm³/mol. The number of aryl methyl sites for hydroxylation is 2. The summed E-state index contributed by atoms with van der Waals surface area (Å²) in [4.78, 5) is 21.4. The zero-order valence-corrected chi connectivity index (χ0v) is 18.1. The summed E-state index contributed by atoms with van der Waals surface area (Å²) < 4.78 is 2.11. The Labute approximate surface area is 182 Å². The largest absolute Gasteiger partial charge is 0.339 e. The molecule has 1 aliphatic heterocycles. The van der Waals surface area contributed by atoms with E-state index in [0.29, 0.717) is 11.6 Å². The zero-order valence-electron chi connectivity index (χ0n) is 17.3. The molecule has 2 heterocycles. The van der Waals surface area contributed by atoms with Gasteiger partial charge in [-0.05, 0) is 43.7 Å². The van der Waals surface area contributed by atoms with Gasteiger partial charge in [-0.2, -0.15) is 0 Å². The fraction of sp³-hybridized carbons (Fsp3) is 0.304. The summed E-state index contributed by atoms with van der Waals surface area (Å²) in [6.45, 7) is 7.66. The fourth-order valence-corrected chi connectivity index (χ4v) is 3.80. The van der Waals surface area contributed by atoms with Crippen molar-refractivity contribution in [3.05, 3.63) is 71.0 Å². The van der Waals surface area contributed by atoms with Crippen LogP contribution in [0.3, 0.4) is 0 Å². The summed E-state index contributed by atoms with van der Waals surface area (Å²) in [5, 5.41) is 3.59. The number of anilines is 2. The standard InChI is InChI=1S/C23H26ClN5O/c1-17-3-7-20(8-4-17)29-10-9-25-23(29)28-13-11-27(12-14-28)16-22(30)26-19-6-5-18(2)21(24)15-19/h3-10,15H,11-14,16H2,1-2H3,(H,26,30). The molecule has 0 aliphatic carbocycles. The molecule has 0 saturated carbocycles. The van der Waals surface area contributed by atoms with E-state index in [9.17, 15) is 4.79 Å². The molecular formula is C23H26ClN5O. The van der Waals surface area contributed by atoms with Gasteiger partial charge in [0.05, 0.1) is 6.54 Å². The Kier molecular flexibility index (Phi) is 6.06. The van der Waals surface area contributed by atoms with Crippen molar-refractivity contribution in [1.82, 2.24) is 14.5 Å². The number of carbonyl (C=O) groups is 1. The maximum Gasteiger partial charge on any atom is 0.238 e. The minimum absolute atomic E-state index is 0.0236. The maximum atomic E-state index is 12.4. The number of hydrogen-bond acceptors (Lipinski definition) is 4. The molecule has 0 unspecified atom stereocenters. The first-order valence-electron chi connectivity index (χ1n) is 10.1. The monoisotopic (exact) mass is 423 g/mol. The van der Waals surface area contributed by atoms with E-state index in [2.05, 4.69) is 55.9 Å². The third-order valence-corrected chi connectivity index (χ3v) is 5.82. The van der Waals surface area contributed by atoms with Crippen molar-refractivity contribution in [3.63, 3.8) is 0 Å². The lowest BCUT2D eigenvalue weighted by molar-refractivity contribution is -0.117. The number of carbonyl (C=O) groups excluding carboxylic acids is 1. The molecule has 1 aliphatic rings. The van der Waals surface area contributed by atoms with Crippen LogP contribution >= 0.6 is 11.6 Å². The van der Waals surface area contributed by atoms with Crippen molar-refractivity contribution in [2.45, 2.75) is 13.8 Å². The molecule has 7 heteroatoms. The Morgan fingerprint density at radius 2 is 1.80 bits per heavy atom. The molecular weight excluding hydrogens is 398 g/mol. The zero-order chi connectivity index (χ0) is 21.1. The van der Waals surface area contributed by atoms with E-state index in [0.717, 1.165) is 49.1 Å². The molecule has 4 rings (SSSR count). The van der Waals surface area contributed by atoms with Gasteiger partial charge in [-0.3, -0.25) is 14.3 Å². The normalized spacial score (nSPS) is 14.7. The molecule has 0 atom stereocenters. The van der Waals surface area contributed by atoms with Gasteiger partial charge >= 0.3 is 0 Å². The Morgan fingerprint density at radius 3 is 2.50 bits per heavy atom. The van der Waals surface area contributed by atoms with Gasteiger partial charge in [-0.1, -0.05) is 35.4 Å². The number of rotatable bonds is 5. The van der Waals surface area contributed by atoms with Crippen LogP contribution in [0, 0.1) is 13.8 Å². The number of nitrogens with zero attached hydrogens (tertiary/aromatic N) is 4. The van der Waals surface area contributed by atoms with Crippen molar-refractivity contribution in [3.8, 4) is 5.69 Å². The van der Waals surface area contributed by atoms with E-state index in [1.165, 1.54) is 5.56 Å². The van der Waals surface area contributed by atoms with Crippen molar-refractivity contribution in [1.29, 1.82) is 0 Å². The average molecular weight is 424 g/mol. The summed E-state index contributed by atoms with van der Waals surface area (Å²) in [7, 11) is 0. The lowest BCUT2D eigenvalue weighted by Gasteiger charge is -2.35. The second kappa shape index (κ2) is 8.90.